The molecule has 1 aliphatic heterocycles. The molecule has 0 fully saturated rings. The Morgan fingerprint density at radius 3 is 2.54 bits per heavy atom. The highest BCUT2D eigenvalue weighted by molar-refractivity contribution is 7.90. The summed E-state index contributed by atoms with van der Waals surface area (Å²) < 4.78 is 64.3. The molecule has 0 spiro atoms. The van der Waals surface area contributed by atoms with Crippen molar-refractivity contribution in [2.75, 3.05) is 5.32 Å². The number of aryl methyl sites for hydroxylation is 1. The first-order valence-corrected chi connectivity index (χ1v) is 9.34. The normalized spacial score (nSPS) is 21.1. The van der Waals surface area contributed by atoms with Gasteiger partial charge in [0.1, 0.15) is 21.4 Å². The minimum Gasteiger partial charge on any atom is -0.511 e. The molecule has 4 N–H and O–H groups in total. The summed E-state index contributed by atoms with van der Waals surface area (Å²) in [7, 11) is -2.14. The molecule has 0 saturated carbocycles. The zero-order valence-electron chi connectivity index (χ0n) is 14.4. The van der Waals surface area contributed by atoms with Crippen LogP contribution in [0.3, 0.4) is 0 Å². The summed E-state index contributed by atoms with van der Waals surface area (Å²) in [5.41, 5.74) is -0.248. The van der Waals surface area contributed by atoms with Crippen LogP contribution in [0.2, 0.25) is 0 Å². The number of nitrogens with zero attached hydrogens (tertiary/aromatic N) is 1. The second kappa shape index (κ2) is 6.84. The molecule has 28 heavy (non-hydrogen) atoms. The number of aliphatic hydroxyl groups excluding tert-OH is 1. The first kappa shape index (κ1) is 19.7. The Bertz CT molecular complexity index is 1120. The molecule has 1 amide bonds. The van der Waals surface area contributed by atoms with Gasteiger partial charge in [-0.25, -0.2) is 26.9 Å². The number of rotatable bonds is 3. The van der Waals surface area contributed by atoms with Crippen LogP contribution >= 0.6 is 0 Å². The second-order valence-corrected chi connectivity index (χ2v) is 7.86. The number of carbonyl (C=O) groups is 1. The van der Waals surface area contributed by atoms with E-state index >= 15 is 0 Å². The van der Waals surface area contributed by atoms with E-state index in [-0.39, 0.29) is 27.6 Å². The van der Waals surface area contributed by atoms with E-state index in [4.69, 9.17) is 4.78 Å². The third kappa shape index (κ3) is 3.41. The number of benzene rings is 1. The van der Waals surface area contributed by atoms with Crippen molar-refractivity contribution in [1.29, 1.82) is 4.78 Å². The maximum absolute atomic E-state index is 13.4. The Balaban J connectivity index is 2.05. The number of carbonyl (C=O) groups excluding carboxylic acids is 1. The molecule has 1 aromatic heterocycles. The predicted molar refractivity (Wildman–Crippen MR) is 96.5 cm³/mol. The fourth-order valence-electron chi connectivity index (χ4n) is 2.76. The maximum atomic E-state index is 13.4. The van der Waals surface area contributed by atoms with Gasteiger partial charge in [0.15, 0.2) is 17.5 Å². The van der Waals surface area contributed by atoms with Crippen LogP contribution in [-0.2, 0) is 17.0 Å². The summed E-state index contributed by atoms with van der Waals surface area (Å²) >= 11 is 0. The SMILES string of the molecule is C=C(O)[C@H]1C=Cc2c(cn(C)c2C(=O)Nc2cc(F)c(F)c(F)c2)S(=N)(=O)N1. The van der Waals surface area contributed by atoms with E-state index in [1.54, 1.807) is 0 Å². The van der Waals surface area contributed by atoms with Crippen LogP contribution in [0.1, 0.15) is 16.1 Å². The lowest BCUT2D eigenvalue weighted by Gasteiger charge is -2.13. The Kier molecular flexibility index (Phi) is 4.81. The van der Waals surface area contributed by atoms with Crippen molar-refractivity contribution in [3.63, 3.8) is 0 Å². The average molecular weight is 412 g/mol. The number of halogens is 3. The van der Waals surface area contributed by atoms with Gasteiger partial charge >= 0.3 is 0 Å². The molecule has 0 saturated heterocycles. The zero-order valence-corrected chi connectivity index (χ0v) is 15.2. The summed E-state index contributed by atoms with van der Waals surface area (Å²) in [4.78, 5) is 12.7. The van der Waals surface area contributed by atoms with Crippen LogP contribution in [0.25, 0.3) is 6.08 Å². The lowest BCUT2D eigenvalue weighted by Crippen LogP contribution is -2.32. The van der Waals surface area contributed by atoms with E-state index in [2.05, 4.69) is 16.6 Å². The van der Waals surface area contributed by atoms with Crippen LogP contribution in [-0.4, -0.2) is 25.8 Å². The number of aromatic nitrogens is 1. The number of aliphatic hydroxyl groups is 1. The predicted octanol–water partition coefficient (Wildman–Crippen LogP) is 3.07. The highest BCUT2D eigenvalue weighted by Gasteiger charge is 2.29. The summed E-state index contributed by atoms with van der Waals surface area (Å²) in [6.45, 7) is 3.33. The molecule has 1 aromatic carbocycles. The van der Waals surface area contributed by atoms with E-state index in [0.29, 0.717) is 12.1 Å². The quantitative estimate of drug-likeness (QED) is 0.460. The van der Waals surface area contributed by atoms with Gasteiger partial charge in [0.05, 0.1) is 10.9 Å². The van der Waals surface area contributed by atoms with Gasteiger partial charge in [-0.3, -0.25) is 4.79 Å². The third-order valence-electron chi connectivity index (χ3n) is 4.06. The van der Waals surface area contributed by atoms with Crippen molar-refractivity contribution < 1.29 is 27.3 Å². The molecule has 1 aliphatic rings. The van der Waals surface area contributed by atoms with Crippen molar-refractivity contribution in [2.24, 2.45) is 7.05 Å². The van der Waals surface area contributed by atoms with E-state index < -0.39 is 39.3 Å². The smallest absolute Gasteiger partial charge is 0.272 e. The maximum Gasteiger partial charge on any atom is 0.272 e. The standard InChI is InChI=1S/C17H15F3N4O3S/c1-8(25)13-4-3-10-14(28(21,27)23-13)7-24(2)16(10)17(26)22-9-5-11(18)15(20)12(19)6-9/h3-7,13,25H,1H2,2H3,(H,22,26)(H2,21,23,27)/t13-,28?/m1/s1. The Morgan fingerprint density at radius 1 is 1.36 bits per heavy atom. The van der Waals surface area contributed by atoms with Gasteiger partial charge < -0.3 is 15.0 Å². The topological polar surface area (TPSA) is 107 Å². The number of anilines is 1. The second-order valence-electron chi connectivity index (χ2n) is 6.08. The Labute approximate surface area is 158 Å². The fourth-order valence-corrected chi connectivity index (χ4v) is 4.24. The van der Waals surface area contributed by atoms with Crippen molar-refractivity contribution in [3.8, 4) is 0 Å². The summed E-state index contributed by atoms with van der Waals surface area (Å²) in [5.74, 6) is -5.79. The minimum absolute atomic E-state index is 0.0170. The fraction of sp³-hybridized carbons (Fsp3) is 0.118. The zero-order chi connectivity index (χ0) is 20.8. The molecule has 148 valence electrons. The van der Waals surface area contributed by atoms with Crippen LogP contribution in [0.15, 0.2) is 41.6 Å². The van der Waals surface area contributed by atoms with Crippen LogP contribution in [0.5, 0.6) is 0 Å². The first-order chi connectivity index (χ1) is 13.0. The number of fused-ring (bicyclic) bond motifs is 1. The van der Waals surface area contributed by atoms with Gasteiger partial charge in [-0.2, -0.15) is 0 Å². The molecular formula is C17H15F3N4O3S. The van der Waals surface area contributed by atoms with Gasteiger partial charge in [-0.05, 0) is 0 Å². The molecule has 7 nitrogen and oxygen atoms in total. The molecule has 0 aliphatic carbocycles. The van der Waals surface area contributed by atoms with Crippen LogP contribution in [0, 0.1) is 22.2 Å². The monoisotopic (exact) mass is 412 g/mol. The Hall–Kier alpha value is -3.05. The summed E-state index contributed by atoms with van der Waals surface area (Å²) in [6.07, 6.45) is 4.05. The number of nitrogens with one attached hydrogen (secondary N) is 3. The van der Waals surface area contributed by atoms with Gasteiger partial charge in [0.25, 0.3) is 5.91 Å². The van der Waals surface area contributed by atoms with E-state index in [1.807, 2.05) is 0 Å². The van der Waals surface area contributed by atoms with Gasteiger partial charge in [0.2, 0.25) is 0 Å². The van der Waals surface area contributed by atoms with Gasteiger partial charge in [-0.15, -0.1) is 0 Å². The molecule has 1 unspecified atom stereocenters. The molecule has 0 radical (unpaired) electrons. The van der Waals surface area contributed by atoms with Crippen molar-refractivity contribution in [3.05, 3.63) is 65.5 Å². The van der Waals surface area contributed by atoms with Gasteiger partial charge in [0, 0.05) is 36.6 Å². The molecule has 2 heterocycles. The average Bonchev–Trinajstić information content (AvgIpc) is 2.87. The Morgan fingerprint density at radius 2 is 1.96 bits per heavy atom. The molecule has 3 rings (SSSR count). The first-order valence-electron chi connectivity index (χ1n) is 7.78. The highest BCUT2D eigenvalue weighted by Crippen LogP contribution is 2.28. The van der Waals surface area contributed by atoms with E-state index in [0.717, 1.165) is 0 Å². The molecule has 0 bridgehead atoms. The van der Waals surface area contributed by atoms with Crippen LogP contribution < -0.4 is 10.0 Å². The summed E-state index contributed by atoms with van der Waals surface area (Å²) in [6, 6.07) is 0.266. The lowest BCUT2D eigenvalue weighted by atomic mass is 10.1. The van der Waals surface area contributed by atoms with E-state index in [9.17, 15) is 27.3 Å². The largest absolute Gasteiger partial charge is 0.511 e. The molecular weight excluding hydrogens is 397 g/mol. The summed E-state index contributed by atoms with van der Waals surface area (Å²) in [5, 5.41) is 11.8. The third-order valence-corrected chi connectivity index (χ3v) is 5.59. The molecule has 11 heteroatoms. The van der Waals surface area contributed by atoms with Gasteiger partial charge in [-0.1, -0.05) is 18.7 Å². The van der Waals surface area contributed by atoms with Crippen LogP contribution in [0.4, 0.5) is 18.9 Å². The minimum atomic E-state index is -3.60. The van der Waals surface area contributed by atoms with E-state index in [1.165, 1.54) is 30.0 Å². The highest BCUT2D eigenvalue weighted by atomic mass is 32.2. The van der Waals surface area contributed by atoms with Crippen molar-refractivity contribution in [2.45, 2.75) is 10.9 Å². The lowest BCUT2D eigenvalue weighted by molar-refractivity contribution is 0.101. The molecule has 2 atom stereocenters. The number of hydrogen-bond donors (Lipinski definition) is 4. The number of amides is 1. The molecule has 2 aromatic rings. The van der Waals surface area contributed by atoms with Crippen molar-refractivity contribution in [1.82, 2.24) is 9.29 Å². The van der Waals surface area contributed by atoms with Crippen molar-refractivity contribution >= 4 is 27.6 Å². The number of hydrogen-bond acceptors (Lipinski definition) is 4.